The summed E-state index contributed by atoms with van der Waals surface area (Å²) in [6.07, 6.45) is 3.70. The first-order valence-corrected chi connectivity index (χ1v) is 6.81. The Labute approximate surface area is 111 Å². The number of rotatable bonds is 5. The quantitative estimate of drug-likeness (QED) is 0.842. The van der Waals surface area contributed by atoms with Gasteiger partial charge in [0.15, 0.2) is 0 Å². The predicted molar refractivity (Wildman–Crippen MR) is 74.4 cm³/mol. The average molecular weight is 331 g/mol. The van der Waals surface area contributed by atoms with Crippen LogP contribution < -0.4 is 5.73 Å². The fraction of sp³-hybridized carbons (Fsp3) is 0.538. The number of halogens is 1. The molecule has 2 rings (SSSR count). The number of nitrogens with two attached hydrogens (primary N) is 1. The van der Waals surface area contributed by atoms with Gasteiger partial charge in [-0.15, -0.1) is 0 Å². The molecule has 0 bridgehead atoms. The molecule has 16 heavy (non-hydrogen) atoms. The molecular weight excluding hydrogens is 313 g/mol. The number of hydrogen-bond donors (Lipinski definition) is 1. The van der Waals surface area contributed by atoms with Crippen molar-refractivity contribution in [2.24, 2.45) is 11.7 Å². The zero-order valence-electron chi connectivity index (χ0n) is 9.53. The summed E-state index contributed by atoms with van der Waals surface area (Å²) in [5.41, 5.74) is 7.51. The molecule has 1 aliphatic rings. The Morgan fingerprint density at radius 3 is 2.50 bits per heavy atom. The molecule has 0 aliphatic heterocycles. The second-order valence-corrected chi connectivity index (χ2v) is 5.78. The van der Waals surface area contributed by atoms with Crippen LogP contribution in [0.15, 0.2) is 24.3 Å². The first-order chi connectivity index (χ1) is 7.70. The van der Waals surface area contributed by atoms with Crippen molar-refractivity contribution >= 4 is 22.6 Å². The summed E-state index contributed by atoms with van der Waals surface area (Å²) in [5, 5.41) is 0. The van der Waals surface area contributed by atoms with Gasteiger partial charge in [0.1, 0.15) is 0 Å². The zero-order chi connectivity index (χ0) is 11.5. The maximum atomic E-state index is 6.21. The lowest BCUT2D eigenvalue weighted by Gasteiger charge is -2.22. The SMILES string of the molecule is COC(C(N)Cc1ccc(I)cc1)C1CC1. The highest BCUT2D eigenvalue weighted by Gasteiger charge is 2.35. The topological polar surface area (TPSA) is 35.2 Å². The van der Waals surface area contributed by atoms with Crippen LogP contribution in [-0.2, 0) is 11.2 Å². The van der Waals surface area contributed by atoms with E-state index in [9.17, 15) is 0 Å². The van der Waals surface area contributed by atoms with Crippen LogP contribution in [0.3, 0.4) is 0 Å². The van der Waals surface area contributed by atoms with Gasteiger partial charge < -0.3 is 10.5 Å². The second kappa shape index (κ2) is 5.47. The standard InChI is InChI=1S/C13H18INO/c1-16-13(10-4-5-10)12(15)8-9-2-6-11(14)7-3-9/h2-3,6-7,10,12-13H,4-5,8,15H2,1H3. The molecule has 1 saturated carbocycles. The molecule has 88 valence electrons. The Morgan fingerprint density at radius 2 is 2.00 bits per heavy atom. The molecule has 0 heterocycles. The van der Waals surface area contributed by atoms with E-state index in [4.69, 9.17) is 10.5 Å². The summed E-state index contributed by atoms with van der Waals surface area (Å²) < 4.78 is 6.77. The van der Waals surface area contributed by atoms with Gasteiger partial charge in [-0.3, -0.25) is 0 Å². The molecule has 2 nitrogen and oxygen atoms in total. The lowest BCUT2D eigenvalue weighted by molar-refractivity contribution is 0.0627. The van der Waals surface area contributed by atoms with Crippen molar-refractivity contribution in [3.63, 3.8) is 0 Å². The van der Waals surface area contributed by atoms with Crippen molar-refractivity contribution in [3.05, 3.63) is 33.4 Å². The maximum absolute atomic E-state index is 6.21. The molecule has 1 aromatic carbocycles. The molecule has 0 amide bonds. The molecule has 1 aromatic rings. The summed E-state index contributed by atoms with van der Waals surface area (Å²) in [6.45, 7) is 0. The molecule has 0 saturated heterocycles. The van der Waals surface area contributed by atoms with Gasteiger partial charge in [-0.1, -0.05) is 12.1 Å². The highest BCUT2D eigenvalue weighted by atomic mass is 127. The van der Waals surface area contributed by atoms with Gasteiger partial charge >= 0.3 is 0 Å². The van der Waals surface area contributed by atoms with Crippen LogP contribution >= 0.6 is 22.6 Å². The molecular formula is C13H18INO. The molecule has 2 unspecified atom stereocenters. The largest absolute Gasteiger partial charge is 0.380 e. The Bertz CT molecular complexity index is 334. The van der Waals surface area contributed by atoms with Crippen molar-refractivity contribution in [2.45, 2.75) is 31.4 Å². The van der Waals surface area contributed by atoms with Gasteiger partial charge in [-0.2, -0.15) is 0 Å². The monoisotopic (exact) mass is 331 g/mol. The Kier molecular flexibility index (Phi) is 4.21. The summed E-state index contributed by atoms with van der Waals surface area (Å²) >= 11 is 2.32. The van der Waals surface area contributed by atoms with Gasteiger partial charge in [-0.25, -0.2) is 0 Å². The summed E-state index contributed by atoms with van der Waals surface area (Å²) in [7, 11) is 1.77. The second-order valence-electron chi connectivity index (χ2n) is 4.53. The zero-order valence-corrected chi connectivity index (χ0v) is 11.7. The average Bonchev–Trinajstić information content (AvgIpc) is 3.07. The smallest absolute Gasteiger partial charge is 0.0753 e. The first kappa shape index (κ1) is 12.3. The van der Waals surface area contributed by atoms with Crippen LogP contribution in [0, 0.1) is 9.49 Å². The van der Waals surface area contributed by atoms with E-state index in [0.717, 1.165) is 6.42 Å². The van der Waals surface area contributed by atoms with Crippen molar-refractivity contribution in [1.29, 1.82) is 0 Å². The molecule has 0 aromatic heterocycles. The molecule has 2 atom stereocenters. The van der Waals surface area contributed by atoms with Crippen LogP contribution in [0.5, 0.6) is 0 Å². The highest BCUT2D eigenvalue weighted by Crippen LogP contribution is 2.35. The molecule has 1 aliphatic carbocycles. The summed E-state index contributed by atoms with van der Waals surface area (Å²) in [6, 6.07) is 8.68. The molecule has 0 radical (unpaired) electrons. The van der Waals surface area contributed by atoms with Gasteiger partial charge in [0.2, 0.25) is 0 Å². The van der Waals surface area contributed by atoms with Crippen molar-refractivity contribution in [1.82, 2.24) is 0 Å². The van der Waals surface area contributed by atoms with E-state index in [1.165, 1.54) is 22.0 Å². The van der Waals surface area contributed by atoms with Crippen LogP contribution in [0.2, 0.25) is 0 Å². The number of methoxy groups -OCH3 is 1. The fourth-order valence-corrected chi connectivity index (χ4v) is 2.51. The third-order valence-corrected chi connectivity index (χ3v) is 3.88. The van der Waals surface area contributed by atoms with E-state index in [-0.39, 0.29) is 12.1 Å². The van der Waals surface area contributed by atoms with Crippen molar-refractivity contribution < 1.29 is 4.74 Å². The van der Waals surface area contributed by atoms with E-state index < -0.39 is 0 Å². The minimum absolute atomic E-state index is 0.123. The maximum Gasteiger partial charge on any atom is 0.0753 e. The van der Waals surface area contributed by atoms with E-state index >= 15 is 0 Å². The Balaban J connectivity index is 1.94. The Hall–Kier alpha value is -0.130. The molecule has 2 N–H and O–H groups in total. The third-order valence-electron chi connectivity index (χ3n) is 3.17. The third kappa shape index (κ3) is 3.18. The van der Waals surface area contributed by atoms with Gasteiger partial charge in [0.05, 0.1) is 6.10 Å². The van der Waals surface area contributed by atoms with Crippen LogP contribution in [0.4, 0.5) is 0 Å². The Morgan fingerprint density at radius 1 is 1.38 bits per heavy atom. The van der Waals surface area contributed by atoms with Crippen molar-refractivity contribution in [2.75, 3.05) is 7.11 Å². The number of benzene rings is 1. The first-order valence-electron chi connectivity index (χ1n) is 5.73. The van der Waals surface area contributed by atoms with Gasteiger partial charge in [0.25, 0.3) is 0 Å². The fourth-order valence-electron chi connectivity index (χ4n) is 2.15. The predicted octanol–water partition coefficient (Wildman–Crippen LogP) is 2.59. The highest BCUT2D eigenvalue weighted by molar-refractivity contribution is 14.1. The van der Waals surface area contributed by atoms with Crippen LogP contribution in [0.1, 0.15) is 18.4 Å². The number of hydrogen-bond acceptors (Lipinski definition) is 2. The van der Waals surface area contributed by atoms with Gasteiger partial charge in [-0.05, 0) is 65.5 Å². The van der Waals surface area contributed by atoms with Crippen LogP contribution in [-0.4, -0.2) is 19.3 Å². The van der Waals surface area contributed by atoms with Crippen molar-refractivity contribution in [3.8, 4) is 0 Å². The van der Waals surface area contributed by atoms with E-state index in [0.29, 0.717) is 5.92 Å². The lowest BCUT2D eigenvalue weighted by Crippen LogP contribution is -2.39. The van der Waals surface area contributed by atoms with Gasteiger partial charge in [0, 0.05) is 16.7 Å². The van der Waals surface area contributed by atoms with E-state index in [1.54, 1.807) is 7.11 Å². The molecule has 3 heteroatoms. The molecule has 0 spiro atoms. The molecule has 1 fully saturated rings. The van der Waals surface area contributed by atoms with E-state index in [2.05, 4.69) is 46.9 Å². The van der Waals surface area contributed by atoms with Crippen LogP contribution in [0.25, 0.3) is 0 Å². The van der Waals surface area contributed by atoms with E-state index in [1.807, 2.05) is 0 Å². The summed E-state index contributed by atoms with van der Waals surface area (Å²) in [5.74, 6) is 0.698. The minimum atomic E-state index is 0.123. The lowest BCUT2D eigenvalue weighted by atomic mass is 9.99. The minimum Gasteiger partial charge on any atom is -0.380 e. The normalized spacial score (nSPS) is 19.4. The number of ether oxygens (including phenoxy) is 1. The summed E-state index contributed by atoms with van der Waals surface area (Å²) in [4.78, 5) is 0.